The quantitative estimate of drug-likeness (QED) is 0.723. The number of halogens is 1. The molecule has 6 heteroatoms. The number of carbonyl (C=O) groups excluding carboxylic acids is 1. The number of nitrogens with one attached hydrogen (secondary N) is 1. The molecule has 3 aromatic rings. The summed E-state index contributed by atoms with van der Waals surface area (Å²) < 4.78 is 5.36. The largest absolute Gasteiger partial charge is 0.339 e. The van der Waals surface area contributed by atoms with E-state index in [0.717, 1.165) is 18.4 Å². The number of hydrogen-bond acceptors (Lipinski definition) is 4. The van der Waals surface area contributed by atoms with E-state index in [1.165, 1.54) is 6.42 Å². The summed E-state index contributed by atoms with van der Waals surface area (Å²) in [6.07, 6.45) is 3.44. The molecule has 25 heavy (non-hydrogen) atoms. The summed E-state index contributed by atoms with van der Waals surface area (Å²) in [5, 5.41) is 7.53. The van der Waals surface area contributed by atoms with E-state index in [-0.39, 0.29) is 5.91 Å². The third-order valence-corrected chi connectivity index (χ3v) is 4.63. The third kappa shape index (κ3) is 3.42. The summed E-state index contributed by atoms with van der Waals surface area (Å²) in [5.74, 6) is 1.45. The maximum absolute atomic E-state index is 12.3. The average molecular weight is 354 g/mol. The standard InChI is InChI=1S/C19H16ClN3O2/c20-15-9-7-12(8-10-15)18(24)21-16-6-2-5-14(11-16)17-22-19(25-23-17)13-3-1-4-13/h2,5-11,13H,1,3-4H2,(H,21,24). The monoisotopic (exact) mass is 353 g/mol. The van der Waals surface area contributed by atoms with Gasteiger partial charge in [-0.1, -0.05) is 35.3 Å². The number of anilines is 1. The molecule has 1 saturated carbocycles. The van der Waals surface area contributed by atoms with Gasteiger partial charge < -0.3 is 9.84 Å². The molecule has 0 spiro atoms. The first-order chi connectivity index (χ1) is 12.2. The van der Waals surface area contributed by atoms with Crippen molar-refractivity contribution in [2.45, 2.75) is 25.2 Å². The lowest BCUT2D eigenvalue weighted by atomic mass is 9.85. The zero-order valence-corrected chi connectivity index (χ0v) is 14.2. The van der Waals surface area contributed by atoms with Gasteiger partial charge in [0.15, 0.2) is 0 Å². The predicted octanol–water partition coefficient (Wildman–Crippen LogP) is 4.91. The van der Waals surface area contributed by atoms with Crippen molar-refractivity contribution < 1.29 is 9.32 Å². The van der Waals surface area contributed by atoms with Gasteiger partial charge in [0.05, 0.1) is 0 Å². The summed E-state index contributed by atoms with van der Waals surface area (Å²) in [6, 6.07) is 14.2. The van der Waals surface area contributed by atoms with E-state index in [4.69, 9.17) is 16.1 Å². The van der Waals surface area contributed by atoms with Gasteiger partial charge in [-0.3, -0.25) is 4.79 Å². The number of aromatic nitrogens is 2. The highest BCUT2D eigenvalue weighted by atomic mass is 35.5. The Morgan fingerprint density at radius 1 is 1.16 bits per heavy atom. The predicted molar refractivity (Wildman–Crippen MR) is 95.7 cm³/mol. The Morgan fingerprint density at radius 2 is 1.96 bits per heavy atom. The van der Waals surface area contributed by atoms with Crippen LogP contribution in [0.15, 0.2) is 53.1 Å². The SMILES string of the molecule is O=C(Nc1cccc(-c2noc(C3CCC3)n2)c1)c1ccc(Cl)cc1. The average Bonchev–Trinajstić information content (AvgIpc) is 3.03. The zero-order valence-electron chi connectivity index (χ0n) is 13.4. The van der Waals surface area contributed by atoms with Crippen LogP contribution >= 0.6 is 11.6 Å². The fraction of sp³-hybridized carbons (Fsp3) is 0.211. The lowest BCUT2D eigenvalue weighted by Crippen LogP contribution is -2.11. The van der Waals surface area contributed by atoms with Gasteiger partial charge >= 0.3 is 0 Å². The smallest absolute Gasteiger partial charge is 0.255 e. The van der Waals surface area contributed by atoms with Crippen molar-refractivity contribution in [3.8, 4) is 11.4 Å². The Hall–Kier alpha value is -2.66. The molecule has 0 unspecified atom stereocenters. The van der Waals surface area contributed by atoms with E-state index in [1.54, 1.807) is 24.3 Å². The van der Waals surface area contributed by atoms with Gasteiger partial charge in [-0.15, -0.1) is 0 Å². The molecule has 1 amide bonds. The van der Waals surface area contributed by atoms with Crippen LogP contribution in [0.2, 0.25) is 5.02 Å². The highest BCUT2D eigenvalue weighted by Gasteiger charge is 2.25. The van der Waals surface area contributed by atoms with E-state index in [2.05, 4.69) is 15.5 Å². The molecule has 1 aliphatic carbocycles. The third-order valence-electron chi connectivity index (χ3n) is 4.38. The Labute approximate surface area is 150 Å². The summed E-state index contributed by atoms with van der Waals surface area (Å²) in [5.41, 5.74) is 2.03. The van der Waals surface area contributed by atoms with Crippen LogP contribution < -0.4 is 5.32 Å². The number of benzene rings is 2. The Balaban J connectivity index is 1.51. The lowest BCUT2D eigenvalue weighted by Gasteiger charge is -2.20. The van der Waals surface area contributed by atoms with Gasteiger partial charge in [-0.05, 0) is 49.2 Å². The molecule has 0 radical (unpaired) electrons. The first kappa shape index (κ1) is 15.8. The maximum Gasteiger partial charge on any atom is 0.255 e. The Bertz CT molecular complexity index is 901. The fourth-order valence-corrected chi connectivity index (χ4v) is 2.84. The number of amides is 1. The molecule has 126 valence electrons. The Morgan fingerprint density at radius 3 is 2.68 bits per heavy atom. The van der Waals surface area contributed by atoms with Gasteiger partial charge in [0.1, 0.15) is 0 Å². The van der Waals surface area contributed by atoms with Gasteiger partial charge in [-0.2, -0.15) is 4.98 Å². The second-order valence-electron chi connectivity index (χ2n) is 6.13. The molecular weight excluding hydrogens is 338 g/mol. The van der Waals surface area contributed by atoms with Crippen LogP contribution in [0.25, 0.3) is 11.4 Å². The minimum Gasteiger partial charge on any atom is -0.339 e. The zero-order chi connectivity index (χ0) is 17.2. The molecule has 0 saturated heterocycles. The minimum absolute atomic E-state index is 0.197. The molecule has 1 heterocycles. The van der Waals surface area contributed by atoms with Crippen LogP contribution in [0.4, 0.5) is 5.69 Å². The summed E-state index contributed by atoms with van der Waals surface area (Å²) >= 11 is 5.85. The Kier molecular flexibility index (Phi) is 4.24. The van der Waals surface area contributed by atoms with Crippen LogP contribution in [0.1, 0.15) is 41.4 Å². The second-order valence-corrected chi connectivity index (χ2v) is 6.56. The molecule has 0 atom stereocenters. The molecule has 1 aromatic heterocycles. The van der Waals surface area contributed by atoms with E-state index in [9.17, 15) is 4.79 Å². The van der Waals surface area contributed by atoms with Crippen LogP contribution in [0.3, 0.4) is 0 Å². The van der Waals surface area contributed by atoms with Crippen molar-refractivity contribution >= 4 is 23.2 Å². The number of carbonyl (C=O) groups is 1. The van der Waals surface area contributed by atoms with Crippen molar-refractivity contribution in [3.05, 3.63) is 65.0 Å². The molecular formula is C19H16ClN3O2. The van der Waals surface area contributed by atoms with Gasteiger partial charge in [-0.25, -0.2) is 0 Å². The molecule has 1 N–H and O–H groups in total. The van der Waals surface area contributed by atoms with Crippen molar-refractivity contribution in [1.29, 1.82) is 0 Å². The molecule has 5 nitrogen and oxygen atoms in total. The van der Waals surface area contributed by atoms with Crippen molar-refractivity contribution in [1.82, 2.24) is 10.1 Å². The van der Waals surface area contributed by atoms with E-state index < -0.39 is 0 Å². The number of hydrogen-bond donors (Lipinski definition) is 1. The van der Waals surface area contributed by atoms with Gasteiger partial charge in [0, 0.05) is 27.8 Å². The van der Waals surface area contributed by atoms with Crippen LogP contribution in [0.5, 0.6) is 0 Å². The maximum atomic E-state index is 12.3. The number of nitrogens with zero attached hydrogens (tertiary/aromatic N) is 2. The molecule has 0 aliphatic heterocycles. The molecule has 2 aromatic carbocycles. The number of rotatable bonds is 4. The second kappa shape index (κ2) is 6.69. The van der Waals surface area contributed by atoms with E-state index in [1.807, 2.05) is 24.3 Å². The van der Waals surface area contributed by atoms with Crippen molar-refractivity contribution in [2.75, 3.05) is 5.32 Å². The van der Waals surface area contributed by atoms with Gasteiger partial charge in [0.25, 0.3) is 5.91 Å². The summed E-state index contributed by atoms with van der Waals surface area (Å²) in [4.78, 5) is 16.8. The highest BCUT2D eigenvalue weighted by Crippen LogP contribution is 2.36. The van der Waals surface area contributed by atoms with Gasteiger partial charge in [0.2, 0.25) is 11.7 Å². The summed E-state index contributed by atoms with van der Waals surface area (Å²) in [6.45, 7) is 0. The first-order valence-electron chi connectivity index (χ1n) is 8.20. The highest BCUT2D eigenvalue weighted by molar-refractivity contribution is 6.30. The minimum atomic E-state index is -0.197. The lowest BCUT2D eigenvalue weighted by molar-refractivity contribution is 0.102. The molecule has 0 bridgehead atoms. The van der Waals surface area contributed by atoms with E-state index in [0.29, 0.717) is 33.9 Å². The molecule has 4 rings (SSSR count). The molecule has 1 fully saturated rings. The molecule has 1 aliphatic rings. The van der Waals surface area contributed by atoms with Crippen LogP contribution in [0, 0.1) is 0 Å². The van der Waals surface area contributed by atoms with Crippen molar-refractivity contribution in [2.24, 2.45) is 0 Å². The van der Waals surface area contributed by atoms with Crippen molar-refractivity contribution in [3.63, 3.8) is 0 Å². The van der Waals surface area contributed by atoms with Crippen LogP contribution in [-0.4, -0.2) is 16.0 Å². The van der Waals surface area contributed by atoms with Crippen LogP contribution in [-0.2, 0) is 0 Å². The topological polar surface area (TPSA) is 68.0 Å². The summed E-state index contributed by atoms with van der Waals surface area (Å²) in [7, 11) is 0. The fourth-order valence-electron chi connectivity index (χ4n) is 2.71. The normalized spacial score (nSPS) is 14.1. The van der Waals surface area contributed by atoms with E-state index >= 15 is 0 Å². The first-order valence-corrected chi connectivity index (χ1v) is 8.58.